The Hall–Kier alpha value is -0.870. The van der Waals surface area contributed by atoms with Gasteiger partial charge in [-0.2, -0.15) is 0 Å². The van der Waals surface area contributed by atoms with Crippen molar-refractivity contribution in [1.29, 1.82) is 0 Å². The molecule has 2 aliphatic carbocycles. The zero-order valence-corrected chi connectivity index (χ0v) is 12.7. The molecule has 110 valence electrons. The number of thiophene rings is 1. The lowest BCUT2D eigenvalue weighted by Crippen LogP contribution is -2.30. The van der Waals surface area contributed by atoms with Crippen molar-refractivity contribution in [3.05, 3.63) is 21.4 Å². The van der Waals surface area contributed by atoms with E-state index < -0.39 is 0 Å². The van der Waals surface area contributed by atoms with Gasteiger partial charge in [-0.25, -0.2) is 0 Å². The fourth-order valence-electron chi connectivity index (χ4n) is 3.06. The molecule has 0 unspecified atom stereocenters. The second-order valence-electron chi connectivity index (χ2n) is 6.28. The van der Waals surface area contributed by atoms with Gasteiger partial charge in [0.25, 0.3) is 5.91 Å². The van der Waals surface area contributed by atoms with E-state index in [4.69, 9.17) is 5.11 Å². The lowest BCUT2D eigenvalue weighted by atomic mass is 10.0. The Balaban J connectivity index is 1.60. The minimum absolute atomic E-state index is 0.0762. The number of carbonyl (C=O) groups excluding carboxylic acids is 1. The van der Waals surface area contributed by atoms with Crippen LogP contribution in [0.3, 0.4) is 0 Å². The normalized spacial score (nSPS) is 20.1. The van der Waals surface area contributed by atoms with Crippen LogP contribution in [0.2, 0.25) is 0 Å². The Kier molecular flexibility index (Phi) is 4.13. The van der Waals surface area contributed by atoms with Crippen molar-refractivity contribution in [3.63, 3.8) is 0 Å². The SMILES string of the molecule is O=C(NCC1(CCO)CC1)c1cc2c(s1)CCCCC2. The molecule has 2 aliphatic rings. The topological polar surface area (TPSA) is 49.3 Å². The second-order valence-corrected chi connectivity index (χ2v) is 7.41. The summed E-state index contributed by atoms with van der Waals surface area (Å²) in [6.45, 7) is 0.943. The molecule has 2 N–H and O–H groups in total. The van der Waals surface area contributed by atoms with Gasteiger partial charge in [-0.1, -0.05) is 6.42 Å². The fraction of sp³-hybridized carbons (Fsp3) is 0.688. The van der Waals surface area contributed by atoms with Gasteiger partial charge in [-0.05, 0) is 62.0 Å². The molecule has 1 amide bonds. The Bertz CT molecular complexity index is 467. The third kappa shape index (κ3) is 3.07. The van der Waals surface area contributed by atoms with E-state index in [-0.39, 0.29) is 17.9 Å². The van der Waals surface area contributed by atoms with Gasteiger partial charge in [-0.3, -0.25) is 4.79 Å². The van der Waals surface area contributed by atoms with Crippen molar-refractivity contribution in [2.24, 2.45) is 5.41 Å². The molecule has 1 aromatic heterocycles. The first-order valence-electron chi connectivity index (χ1n) is 7.73. The maximum Gasteiger partial charge on any atom is 0.261 e. The summed E-state index contributed by atoms with van der Waals surface area (Å²) in [4.78, 5) is 14.6. The number of fused-ring (bicyclic) bond motifs is 1. The molecular weight excluding hydrogens is 270 g/mol. The van der Waals surface area contributed by atoms with Gasteiger partial charge in [0, 0.05) is 18.0 Å². The maximum absolute atomic E-state index is 12.3. The lowest BCUT2D eigenvalue weighted by molar-refractivity contribution is 0.0945. The van der Waals surface area contributed by atoms with Crippen molar-refractivity contribution in [2.45, 2.75) is 51.4 Å². The molecule has 0 bridgehead atoms. The number of amides is 1. The first-order valence-corrected chi connectivity index (χ1v) is 8.55. The van der Waals surface area contributed by atoms with Crippen LogP contribution >= 0.6 is 11.3 Å². The largest absolute Gasteiger partial charge is 0.396 e. The van der Waals surface area contributed by atoms with Crippen LogP contribution in [0.1, 0.15) is 58.6 Å². The Labute approximate surface area is 124 Å². The summed E-state index contributed by atoms with van der Waals surface area (Å²) in [5, 5.41) is 12.1. The molecule has 0 saturated heterocycles. The van der Waals surface area contributed by atoms with Crippen LogP contribution in [0.15, 0.2) is 6.07 Å². The van der Waals surface area contributed by atoms with Gasteiger partial charge in [-0.15, -0.1) is 11.3 Å². The molecule has 4 heteroatoms. The number of aryl methyl sites for hydroxylation is 2. The third-order valence-electron chi connectivity index (χ3n) is 4.69. The zero-order chi connectivity index (χ0) is 14.0. The Morgan fingerprint density at radius 3 is 2.85 bits per heavy atom. The first kappa shape index (κ1) is 14.1. The quantitative estimate of drug-likeness (QED) is 0.820. The number of hydrogen-bond acceptors (Lipinski definition) is 3. The van der Waals surface area contributed by atoms with Gasteiger partial charge < -0.3 is 10.4 Å². The molecule has 20 heavy (non-hydrogen) atoms. The van der Waals surface area contributed by atoms with Crippen molar-refractivity contribution >= 4 is 17.2 Å². The fourth-order valence-corrected chi connectivity index (χ4v) is 4.23. The minimum Gasteiger partial charge on any atom is -0.396 e. The Morgan fingerprint density at radius 1 is 1.30 bits per heavy atom. The van der Waals surface area contributed by atoms with E-state index in [1.165, 1.54) is 29.7 Å². The van der Waals surface area contributed by atoms with Crippen molar-refractivity contribution in [2.75, 3.05) is 13.2 Å². The molecule has 0 spiro atoms. The Morgan fingerprint density at radius 2 is 2.10 bits per heavy atom. The molecule has 0 radical (unpaired) electrons. The summed E-state index contributed by atoms with van der Waals surface area (Å²) in [5.74, 6) is 0.0762. The molecule has 0 atom stereocenters. The molecule has 3 nitrogen and oxygen atoms in total. The molecule has 0 aromatic carbocycles. The van der Waals surface area contributed by atoms with Crippen LogP contribution in [0.4, 0.5) is 0 Å². The van der Waals surface area contributed by atoms with Crippen molar-refractivity contribution in [1.82, 2.24) is 5.32 Å². The highest BCUT2D eigenvalue weighted by Crippen LogP contribution is 2.47. The first-order chi connectivity index (χ1) is 9.72. The summed E-state index contributed by atoms with van der Waals surface area (Å²) in [5.41, 5.74) is 1.59. The molecule has 0 aliphatic heterocycles. The van der Waals surface area contributed by atoms with E-state index >= 15 is 0 Å². The molecule has 3 rings (SSSR count). The van der Waals surface area contributed by atoms with Crippen LogP contribution in [0, 0.1) is 5.41 Å². The van der Waals surface area contributed by atoms with Crippen LogP contribution in [0.5, 0.6) is 0 Å². The minimum atomic E-state index is 0.0762. The van der Waals surface area contributed by atoms with E-state index in [0.29, 0.717) is 0 Å². The van der Waals surface area contributed by atoms with Crippen LogP contribution in [-0.2, 0) is 12.8 Å². The predicted octanol–water partition coefficient (Wildman–Crippen LogP) is 2.91. The average molecular weight is 293 g/mol. The van der Waals surface area contributed by atoms with Gasteiger partial charge in [0.15, 0.2) is 0 Å². The highest BCUT2D eigenvalue weighted by molar-refractivity contribution is 7.14. The maximum atomic E-state index is 12.3. The highest BCUT2D eigenvalue weighted by atomic mass is 32.1. The van der Waals surface area contributed by atoms with E-state index in [0.717, 1.165) is 43.5 Å². The van der Waals surface area contributed by atoms with Crippen LogP contribution in [-0.4, -0.2) is 24.2 Å². The van der Waals surface area contributed by atoms with Crippen LogP contribution in [0.25, 0.3) is 0 Å². The summed E-state index contributed by atoms with van der Waals surface area (Å²) >= 11 is 1.68. The van der Waals surface area contributed by atoms with E-state index in [2.05, 4.69) is 11.4 Å². The molecule has 1 aromatic rings. The number of aliphatic hydroxyl groups excluding tert-OH is 1. The number of hydrogen-bond donors (Lipinski definition) is 2. The smallest absolute Gasteiger partial charge is 0.261 e. The monoisotopic (exact) mass is 293 g/mol. The summed E-state index contributed by atoms with van der Waals surface area (Å²) < 4.78 is 0. The molecular formula is C16H23NO2S. The predicted molar refractivity (Wildman–Crippen MR) is 81.3 cm³/mol. The van der Waals surface area contributed by atoms with Gasteiger partial charge in [0.1, 0.15) is 0 Å². The number of rotatable bonds is 5. The summed E-state index contributed by atoms with van der Waals surface area (Å²) in [6, 6.07) is 2.10. The van der Waals surface area contributed by atoms with Crippen LogP contribution < -0.4 is 5.32 Å². The third-order valence-corrected chi connectivity index (χ3v) is 5.93. The standard InChI is InChI=1S/C16H23NO2S/c18-9-8-16(6-7-16)11-17-15(19)14-10-12-4-2-1-3-5-13(12)20-14/h10,18H,1-9,11H2,(H,17,19). The van der Waals surface area contributed by atoms with Crippen molar-refractivity contribution < 1.29 is 9.90 Å². The van der Waals surface area contributed by atoms with E-state index in [9.17, 15) is 4.79 Å². The molecule has 1 heterocycles. The second kappa shape index (κ2) is 5.86. The van der Waals surface area contributed by atoms with Gasteiger partial charge >= 0.3 is 0 Å². The number of aliphatic hydroxyl groups is 1. The number of nitrogens with one attached hydrogen (secondary N) is 1. The van der Waals surface area contributed by atoms with E-state index in [1.54, 1.807) is 11.3 Å². The van der Waals surface area contributed by atoms with Gasteiger partial charge in [0.2, 0.25) is 0 Å². The lowest BCUT2D eigenvalue weighted by Gasteiger charge is -2.13. The zero-order valence-electron chi connectivity index (χ0n) is 11.9. The molecule has 1 fully saturated rings. The number of carbonyl (C=O) groups is 1. The highest BCUT2D eigenvalue weighted by Gasteiger charge is 2.42. The summed E-state index contributed by atoms with van der Waals surface area (Å²) in [7, 11) is 0. The molecule has 1 saturated carbocycles. The van der Waals surface area contributed by atoms with Gasteiger partial charge in [0.05, 0.1) is 4.88 Å². The van der Waals surface area contributed by atoms with E-state index in [1.807, 2.05) is 0 Å². The summed E-state index contributed by atoms with van der Waals surface area (Å²) in [6.07, 6.45) is 9.18. The average Bonchev–Trinajstić information content (AvgIpc) is 3.15. The van der Waals surface area contributed by atoms with Crippen molar-refractivity contribution in [3.8, 4) is 0 Å².